The maximum atomic E-state index is 11.1. The zero-order chi connectivity index (χ0) is 16.4. The smallest absolute Gasteiger partial charge is 0.306 e. The SMILES string of the molecule is Cc1cc(N2CCC(C(=O)O)CC2)nc(N2CCCCC2C)n1. The largest absolute Gasteiger partial charge is 0.481 e. The molecular formula is C17H26N4O2. The third-order valence-electron chi connectivity index (χ3n) is 5.06. The van der Waals surface area contributed by atoms with Gasteiger partial charge in [-0.05, 0) is 46.0 Å². The van der Waals surface area contributed by atoms with Crippen LogP contribution in [-0.4, -0.2) is 46.7 Å². The fourth-order valence-electron chi connectivity index (χ4n) is 3.58. The maximum Gasteiger partial charge on any atom is 0.306 e. The first-order valence-electron chi connectivity index (χ1n) is 8.64. The number of carboxylic acids is 1. The van der Waals surface area contributed by atoms with Gasteiger partial charge in [-0.15, -0.1) is 0 Å². The van der Waals surface area contributed by atoms with Crippen LogP contribution in [0.25, 0.3) is 0 Å². The number of carbonyl (C=O) groups is 1. The van der Waals surface area contributed by atoms with E-state index in [1.165, 1.54) is 19.3 Å². The fraction of sp³-hybridized carbons (Fsp3) is 0.706. The highest BCUT2D eigenvalue weighted by atomic mass is 16.4. The number of hydrogen-bond acceptors (Lipinski definition) is 5. The third kappa shape index (κ3) is 3.57. The molecule has 0 aromatic carbocycles. The van der Waals surface area contributed by atoms with Gasteiger partial charge in [-0.3, -0.25) is 4.79 Å². The van der Waals surface area contributed by atoms with Gasteiger partial charge in [0.15, 0.2) is 0 Å². The van der Waals surface area contributed by atoms with Gasteiger partial charge in [0.1, 0.15) is 5.82 Å². The summed E-state index contributed by atoms with van der Waals surface area (Å²) in [6.45, 7) is 6.77. The molecule has 6 nitrogen and oxygen atoms in total. The molecule has 1 aromatic heterocycles. The summed E-state index contributed by atoms with van der Waals surface area (Å²) in [5.74, 6) is 0.879. The first-order chi connectivity index (χ1) is 11.0. The molecule has 0 amide bonds. The zero-order valence-electron chi connectivity index (χ0n) is 14.0. The van der Waals surface area contributed by atoms with Crippen LogP contribution in [0.3, 0.4) is 0 Å². The van der Waals surface area contributed by atoms with Crippen molar-refractivity contribution in [2.45, 2.75) is 52.0 Å². The topological polar surface area (TPSA) is 69.6 Å². The van der Waals surface area contributed by atoms with Crippen molar-refractivity contribution < 1.29 is 9.90 Å². The molecule has 2 aliphatic heterocycles. The Morgan fingerprint density at radius 3 is 2.57 bits per heavy atom. The number of piperidine rings is 2. The van der Waals surface area contributed by atoms with Crippen molar-refractivity contribution in [3.05, 3.63) is 11.8 Å². The van der Waals surface area contributed by atoms with E-state index in [0.29, 0.717) is 18.9 Å². The van der Waals surface area contributed by atoms with E-state index in [1.807, 2.05) is 13.0 Å². The highest BCUT2D eigenvalue weighted by molar-refractivity contribution is 5.70. The van der Waals surface area contributed by atoms with E-state index in [1.54, 1.807) is 0 Å². The second-order valence-corrected chi connectivity index (χ2v) is 6.81. The Morgan fingerprint density at radius 1 is 1.17 bits per heavy atom. The predicted molar refractivity (Wildman–Crippen MR) is 90.0 cm³/mol. The van der Waals surface area contributed by atoms with Crippen LogP contribution < -0.4 is 9.80 Å². The van der Waals surface area contributed by atoms with Crippen molar-refractivity contribution in [3.63, 3.8) is 0 Å². The Morgan fingerprint density at radius 2 is 1.91 bits per heavy atom. The lowest BCUT2D eigenvalue weighted by Gasteiger charge is -2.35. The molecule has 1 N–H and O–H groups in total. The van der Waals surface area contributed by atoms with Crippen LogP contribution in [-0.2, 0) is 4.79 Å². The molecule has 1 atom stereocenters. The Kier molecular flexibility index (Phi) is 4.68. The molecule has 6 heteroatoms. The Labute approximate surface area is 137 Å². The summed E-state index contributed by atoms with van der Waals surface area (Å²) in [5.41, 5.74) is 0.975. The molecule has 0 aliphatic carbocycles. The monoisotopic (exact) mass is 318 g/mol. The first kappa shape index (κ1) is 16.0. The second kappa shape index (κ2) is 6.72. The van der Waals surface area contributed by atoms with Gasteiger partial charge in [0.05, 0.1) is 5.92 Å². The van der Waals surface area contributed by atoms with Gasteiger partial charge in [0, 0.05) is 37.4 Å². The van der Waals surface area contributed by atoms with E-state index in [9.17, 15) is 4.79 Å². The lowest BCUT2D eigenvalue weighted by molar-refractivity contribution is -0.142. The Bertz CT molecular complexity index is 570. The van der Waals surface area contributed by atoms with Crippen molar-refractivity contribution in [1.29, 1.82) is 0 Å². The number of aryl methyl sites for hydroxylation is 1. The van der Waals surface area contributed by atoms with E-state index in [2.05, 4.69) is 21.7 Å². The van der Waals surface area contributed by atoms with Crippen LogP contribution in [0.5, 0.6) is 0 Å². The molecule has 2 fully saturated rings. The van der Waals surface area contributed by atoms with Crippen LogP contribution in [0.2, 0.25) is 0 Å². The van der Waals surface area contributed by atoms with Gasteiger partial charge in [0.25, 0.3) is 0 Å². The van der Waals surface area contributed by atoms with E-state index >= 15 is 0 Å². The molecule has 3 heterocycles. The van der Waals surface area contributed by atoms with Crippen molar-refractivity contribution in [3.8, 4) is 0 Å². The van der Waals surface area contributed by atoms with E-state index in [4.69, 9.17) is 10.1 Å². The van der Waals surface area contributed by atoms with Crippen molar-refractivity contribution in [1.82, 2.24) is 9.97 Å². The molecule has 2 saturated heterocycles. The van der Waals surface area contributed by atoms with E-state index in [0.717, 1.165) is 37.1 Å². The summed E-state index contributed by atoms with van der Waals surface area (Å²) in [6.07, 6.45) is 5.04. The highest BCUT2D eigenvalue weighted by Gasteiger charge is 2.27. The number of hydrogen-bond donors (Lipinski definition) is 1. The third-order valence-corrected chi connectivity index (χ3v) is 5.06. The number of nitrogens with zero attached hydrogens (tertiary/aromatic N) is 4. The summed E-state index contributed by atoms with van der Waals surface area (Å²) in [7, 11) is 0. The summed E-state index contributed by atoms with van der Waals surface area (Å²) < 4.78 is 0. The van der Waals surface area contributed by atoms with Crippen LogP contribution in [0.15, 0.2) is 6.07 Å². The standard InChI is InChI=1S/C17H26N4O2/c1-12-11-15(20-9-6-14(7-10-20)16(22)23)19-17(18-12)21-8-4-3-5-13(21)2/h11,13-14H,3-10H2,1-2H3,(H,22,23). The van der Waals surface area contributed by atoms with Gasteiger partial charge in [-0.25, -0.2) is 4.98 Å². The van der Waals surface area contributed by atoms with Crippen LogP contribution in [0.4, 0.5) is 11.8 Å². The molecule has 0 radical (unpaired) electrons. The number of anilines is 2. The predicted octanol–water partition coefficient (Wildman–Crippen LogP) is 2.46. The van der Waals surface area contributed by atoms with Gasteiger partial charge >= 0.3 is 5.97 Å². The summed E-state index contributed by atoms with van der Waals surface area (Å²) in [6, 6.07) is 2.50. The molecule has 0 spiro atoms. The average Bonchev–Trinajstić information content (AvgIpc) is 2.55. The first-order valence-corrected chi connectivity index (χ1v) is 8.64. The van der Waals surface area contributed by atoms with E-state index in [-0.39, 0.29) is 5.92 Å². The molecule has 0 saturated carbocycles. The van der Waals surface area contributed by atoms with Crippen molar-refractivity contribution >= 4 is 17.7 Å². The average molecular weight is 318 g/mol. The second-order valence-electron chi connectivity index (χ2n) is 6.81. The molecule has 23 heavy (non-hydrogen) atoms. The molecule has 3 rings (SSSR count). The van der Waals surface area contributed by atoms with Gasteiger partial charge in [-0.1, -0.05) is 0 Å². The van der Waals surface area contributed by atoms with Gasteiger partial charge in [0.2, 0.25) is 5.95 Å². The van der Waals surface area contributed by atoms with Crippen LogP contribution in [0.1, 0.15) is 44.7 Å². The molecule has 1 aromatic rings. The molecule has 126 valence electrons. The minimum absolute atomic E-state index is 0.212. The van der Waals surface area contributed by atoms with Crippen molar-refractivity contribution in [2.75, 3.05) is 29.4 Å². The lowest BCUT2D eigenvalue weighted by Crippen LogP contribution is -2.40. The minimum atomic E-state index is -0.675. The van der Waals surface area contributed by atoms with E-state index < -0.39 is 5.97 Å². The van der Waals surface area contributed by atoms with Gasteiger partial charge in [-0.2, -0.15) is 4.98 Å². The molecule has 2 aliphatic rings. The highest BCUT2D eigenvalue weighted by Crippen LogP contribution is 2.26. The van der Waals surface area contributed by atoms with Gasteiger partial charge < -0.3 is 14.9 Å². The minimum Gasteiger partial charge on any atom is -0.481 e. The molecule has 0 bridgehead atoms. The Hall–Kier alpha value is -1.85. The number of aliphatic carboxylic acids is 1. The number of rotatable bonds is 3. The molecule has 1 unspecified atom stereocenters. The molecular weight excluding hydrogens is 292 g/mol. The summed E-state index contributed by atoms with van der Waals surface area (Å²) in [5, 5.41) is 9.13. The number of aromatic nitrogens is 2. The normalized spacial score (nSPS) is 23.1. The van der Waals surface area contributed by atoms with Crippen molar-refractivity contribution in [2.24, 2.45) is 5.92 Å². The zero-order valence-corrected chi connectivity index (χ0v) is 14.0. The summed E-state index contributed by atoms with van der Waals surface area (Å²) in [4.78, 5) is 25.0. The maximum absolute atomic E-state index is 11.1. The quantitative estimate of drug-likeness (QED) is 0.923. The van der Waals surface area contributed by atoms with Crippen LogP contribution >= 0.6 is 0 Å². The number of carboxylic acid groups (broad SMARTS) is 1. The fourth-order valence-corrected chi connectivity index (χ4v) is 3.58. The lowest BCUT2D eigenvalue weighted by atomic mass is 9.97. The Balaban J connectivity index is 1.77. The van der Waals surface area contributed by atoms with Crippen LogP contribution in [0, 0.1) is 12.8 Å². The summed E-state index contributed by atoms with van der Waals surface area (Å²) >= 11 is 0.